The van der Waals surface area contributed by atoms with Crippen molar-refractivity contribution in [3.8, 4) is 0 Å². The number of hydrogen-bond donors (Lipinski definition) is 0. The van der Waals surface area contributed by atoms with E-state index in [1.165, 1.54) is 0 Å². The molecule has 0 spiro atoms. The van der Waals surface area contributed by atoms with Gasteiger partial charge >= 0.3 is 0 Å². The molecule has 0 radical (unpaired) electrons. The first-order valence-electron chi connectivity index (χ1n) is 4.85. The third-order valence-corrected chi connectivity index (χ3v) is 2.70. The van der Waals surface area contributed by atoms with Gasteiger partial charge in [-0.25, -0.2) is 0 Å². The van der Waals surface area contributed by atoms with Crippen LogP contribution >= 0.6 is 11.6 Å². The summed E-state index contributed by atoms with van der Waals surface area (Å²) in [6, 6.07) is 0. The lowest BCUT2D eigenvalue weighted by atomic mass is 9.94. The van der Waals surface area contributed by atoms with Gasteiger partial charge in [0, 0.05) is 26.1 Å². The van der Waals surface area contributed by atoms with Crippen LogP contribution in [-0.4, -0.2) is 43.5 Å². The van der Waals surface area contributed by atoms with E-state index in [1.807, 2.05) is 20.8 Å². The van der Waals surface area contributed by atoms with Crippen LogP contribution in [0.15, 0.2) is 0 Å². The van der Waals surface area contributed by atoms with Gasteiger partial charge in [-0.05, 0) is 20.8 Å². The van der Waals surface area contributed by atoms with Crippen LogP contribution in [0.1, 0.15) is 20.8 Å². The number of ether oxygens (including phenoxy) is 1. The minimum absolute atomic E-state index is 0.0622. The molecular formula is C10H20ClNO2. The Labute approximate surface area is 91.4 Å². The molecule has 4 heteroatoms. The summed E-state index contributed by atoms with van der Waals surface area (Å²) in [5.41, 5.74) is -0.484. The Bertz CT molecular complexity index is 183. The van der Waals surface area contributed by atoms with E-state index >= 15 is 0 Å². The zero-order valence-corrected chi connectivity index (χ0v) is 10.2. The number of nitrogens with zero attached hydrogens (tertiary/aromatic N) is 1. The summed E-state index contributed by atoms with van der Waals surface area (Å²) >= 11 is 5.71. The van der Waals surface area contributed by atoms with E-state index in [4.69, 9.17) is 16.3 Å². The maximum Gasteiger partial charge on any atom is 0.229 e. The van der Waals surface area contributed by atoms with Gasteiger partial charge in [0.15, 0.2) is 0 Å². The maximum atomic E-state index is 11.8. The maximum absolute atomic E-state index is 11.8. The summed E-state index contributed by atoms with van der Waals surface area (Å²) < 4.78 is 5.17. The highest BCUT2D eigenvalue weighted by Crippen LogP contribution is 2.19. The van der Waals surface area contributed by atoms with Gasteiger partial charge in [0.2, 0.25) is 5.91 Å². The summed E-state index contributed by atoms with van der Waals surface area (Å²) in [7, 11) is 1.77. The van der Waals surface area contributed by atoms with Crippen molar-refractivity contribution in [3.05, 3.63) is 0 Å². The minimum atomic E-state index is -0.484. The Morgan fingerprint density at radius 2 is 2.07 bits per heavy atom. The topological polar surface area (TPSA) is 29.5 Å². The average molecular weight is 222 g/mol. The van der Waals surface area contributed by atoms with Crippen LogP contribution in [0.4, 0.5) is 0 Å². The van der Waals surface area contributed by atoms with Gasteiger partial charge in [0.1, 0.15) is 0 Å². The molecule has 14 heavy (non-hydrogen) atoms. The first-order chi connectivity index (χ1) is 6.45. The molecular weight excluding hydrogens is 202 g/mol. The van der Waals surface area contributed by atoms with Crippen LogP contribution in [0.2, 0.25) is 0 Å². The molecule has 0 bridgehead atoms. The molecule has 0 saturated carbocycles. The van der Waals surface area contributed by atoms with E-state index in [0.717, 1.165) is 0 Å². The Balaban J connectivity index is 3.99. The van der Waals surface area contributed by atoms with E-state index in [1.54, 1.807) is 11.9 Å². The molecule has 0 aliphatic rings. The standard InChI is InChI=1S/C10H20ClNO2/c1-5-14-7-6-12(4)9(13)10(2,3)8-11/h5-8H2,1-4H3. The third-order valence-electron chi connectivity index (χ3n) is 2.03. The highest BCUT2D eigenvalue weighted by Gasteiger charge is 2.29. The summed E-state index contributed by atoms with van der Waals surface area (Å²) in [5.74, 6) is 0.400. The molecule has 84 valence electrons. The number of halogens is 1. The Morgan fingerprint density at radius 3 is 2.50 bits per heavy atom. The Kier molecular flexibility index (Phi) is 6.12. The normalized spacial score (nSPS) is 11.5. The van der Waals surface area contributed by atoms with Crippen LogP contribution in [0.5, 0.6) is 0 Å². The van der Waals surface area contributed by atoms with Gasteiger partial charge in [-0.3, -0.25) is 4.79 Å². The molecule has 0 N–H and O–H groups in total. The molecule has 3 nitrogen and oxygen atoms in total. The number of likely N-dealkylation sites (N-methyl/N-ethyl adjacent to an activating group) is 1. The van der Waals surface area contributed by atoms with Gasteiger partial charge in [-0.15, -0.1) is 11.6 Å². The molecule has 0 unspecified atom stereocenters. The van der Waals surface area contributed by atoms with Crippen LogP contribution in [0.3, 0.4) is 0 Å². The molecule has 0 aromatic heterocycles. The summed E-state index contributed by atoms with van der Waals surface area (Å²) in [5, 5.41) is 0. The average Bonchev–Trinajstić information content (AvgIpc) is 2.17. The number of hydrogen-bond acceptors (Lipinski definition) is 2. The summed E-state index contributed by atoms with van der Waals surface area (Å²) in [4.78, 5) is 13.4. The van der Waals surface area contributed by atoms with Gasteiger partial charge in [0.05, 0.1) is 12.0 Å². The van der Waals surface area contributed by atoms with E-state index in [-0.39, 0.29) is 5.91 Å². The van der Waals surface area contributed by atoms with E-state index < -0.39 is 5.41 Å². The predicted octanol–water partition coefficient (Wildman–Crippen LogP) is 1.75. The predicted molar refractivity (Wildman–Crippen MR) is 58.6 cm³/mol. The first kappa shape index (κ1) is 13.7. The lowest BCUT2D eigenvalue weighted by Gasteiger charge is -2.27. The van der Waals surface area contributed by atoms with Gasteiger partial charge < -0.3 is 9.64 Å². The quantitative estimate of drug-likeness (QED) is 0.505. The van der Waals surface area contributed by atoms with Gasteiger partial charge in [0.25, 0.3) is 0 Å². The van der Waals surface area contributed by atoms with Gasteiger partial charge in [-0.1, -0.05) is 0 Å². The second-order valence-corrected chi connectivity index (χ2v) is 4.21. The molecule has 0 aliphatic heterocycles. The fraction of sp³-hybridized carbons (Fsp3) is 0.900. The van der Waals surface area contributed by atoms with Crippen LogP contribution in [0.25, 0.3) is 0 Å². The molecule has 0 fully saturated rings. The second kappa shape index (κ2) is 6.25. The van der Waals surface area contributed by atoms with Crippen molar-refractivity contribution < 1.29 is 9.53 Å². The highest BCUT2D eigenvalue weighted by molar-refractivity contribution is 6.19. The number of alkyl halides is 1. The lowest BCUT2D eigenvalue weighted by Crippen LogP contribution is -2.41. The number of carbonyl (C=O) groups excluding carboxylic acids is 1. The SMILES string of the molecule is CCOCCN(C)C(=O)C(C)(C)CCl. The molecule has 1 amide bonds. The molecule has 0 atom stereocenters. The molecule has 0 heterocycles. The van der Waals surface area contributed by atoms with Crippen molar-refractivity contribution in [2.75, 3.05) is 32.7 Å². The van der Waals surface area contributed by atoms with E-state index in [2.05, 4.69) is 0 Å². The van der Waals surface area contributed by atoms with Crippen molar-refractivity contribution in [2.45, 2.75) is 20.8 Å². The van der Waals surface area contributed by atoms with Crippen molar-refractivity contribution in [1.82, 2.24) is 4.90 Å². The Hall–Kier alpha value is -0.280. The number of rotatable bonds is 6. The number of amides is 1. The minimum Gasteiger partial charge on any atom is -0.380 e. The lowest BCUT2D eigenvalue weighted by molar-refractivity contribution is -0.138. The first-order valence-corrected chi connectivity index (χ1v) is 5.38. The largest absolute Gasteiger partial charge is 0.380 e. The molecule has 0 aromatic carbocycles. The smallest absolute Gasteiger partial charge is 0.229 e. The zero-order valence-electron chi connectivity index (χ0n) is 9.47. The summed E-state index contributed by atoms with van der Waals surface area (Å²) in [6.45, 7) is 7.51. The van der Waals surface area contributed by atoms with Crippen LogP contribution in [0, 0.1) is 5.41 Å². The number of carbonyl (C=O) groups is 1. The Morgan fingerprint density at radius 1 is 1.50 bits per heavy atom. The molecule has 0 saturated heterocycles. The van der Waals surface area contributed by atoms with E-state index in [0.29, 0.717) is 25.6 Å². The fourth-order valence-corrected chi connectivity index (χ4v) is 1.14. The monoisotopic (exact) mass is 221 g/mol. The zero-order chi connectivity index (χ0) is 11.2. The van der Waals surface area contributed by atoms with Crippen LogP contribution < -0.4 is 0 Å². The highest BCUT2D eigenvalue weighted by atomic mass is 35.5. The van der Waals surface area contributed by atoms with Crippen LogP contribution in [-0.2, 0) is 9.53 Å². The van der Waals surface area contributed by atoms with Crippen molar-refractivity contribution in [1.29, 1.82) is 0 Å². The third kappa shape index (κ3) is 4.29. The van der Waals surface area contributed by atoms with Crippen molar-refractivity contribution in [2.24, 2.45) is 5.41 Å². The second-order valence-electron chi connectivity index (χ2n) is 3.94. The molecule has 0 aliphatic carbocycles. The molecule has 0 aromatic rings. The van der Waals surface area contributed by atoms with Gasteiger partial charge in [-0.2, -0.15) is 0 Å². The van der Waals surface area contributed by atoms with E-state index in [9.17, 15) is 4.79 Å². The molecule has 0 rings (SSSR count). The summed E-state index contributed by atoms with van der Waals surface area (Å²) in [6.07, 6.45) is 0. The van der Waals surface area contributed by atoms with Crippen molar-refractivity contribution >= 4 is 17.5 Å². The fourth-order valence-electron chi connectivity index (χ4n) is 1.02. The van der Waals surface area contributed by atoms with Crippen molar-refractivity contribution in [3.63, 3.8) is 0 Å².